The minimum absolute atomic E-state index is 0.625. The Balaban J connectivity index is 2.03. The van der Waals surface area contributed by atoms with Crippen molar-refractivity contribution in [3.05, 3.63) is 65.7 Å². The van der Waals surface area contributed by atoms with Crippen LogP contribution in [0.4, 0.5) is 0 Å². The predicted molar refractivity (Wildman–Crippen MR) is 74.7 cm³/mol. The summed E-state index contributed by atoms with van der Waals surface area (Å²) >= 11 is 3.46. The van der Waals surface area contributed by atoms with Crippen molar-refractivity contribution < 1.29 is 4.74 Å². The van der Waals surface area contributed by atoms with Crippen LogP contribution in [0.2, 0.25) is 0 Å². The SMILES string of the molecule is BrCCc1ccccc1OCc1ccccc1. The maximum atomic E-state index is 5.85. The monoisotopic (exact) mass is 290 g/mol. The van der Waals surface area contributed by atoms with Gasteiger partial charge in [-0.3, -0.25) is 0 Å². The predicted octanol–water partition coefficient (Wildman–Crippen LogP) is 4.20. The Labute approximate surface area is 111 Å². The van der Waals surface area contributed by atoms with Gasteiger partial charge in [-0.25, -0.2) is 0 Å². The highest BCUT2D eigenvalue weighted by Crippen LogP contribution is 2.20. The number of hydrogen-bond donors (Lipinski definition) is 0. The van der Waals surface area contributed by atoms with Gasteiger partial charge in [0.1, 0.15) is 12.4 Å². The maximum Gasteiger partial charge on any atom is 0.123 e. The van der Waals surface area contributed by atoms with E-state index >= 15 is 0 Å². The molecule has 0 aliphatic carbocycles. The van der Waals surface area contributed by atoms with Crippen molar-refractivity contribution in [2.75, 3.05) is 5.33 Å². The van der Waals surface area contributed by atoms with Gasteiger partial charge in [-0.2, -0.15) is 0 Å². The van der Waals surface area contributed by atoms with E-state index < -0.39 is 0 Å². The summed E-state index contributed by atoms with van der Waals surface area (Å²) in [4.78, 5) is 0. The molecule has 0 radical (unpaired) electrons. The molecule has 0 amide bonds. The molecule has 0 bridgehead atoms. The number of alkyl halides is 1. The fraction of sp³-hybridized carbons (Fsp3) is 0.200. The zero-order valence-corrected chi connectivity index (χ0v) is 11.2. The van der Waals surface area contributed by atoms with Crippen LogP contribution in [0.3, 0.4) is 0 Å². The highest BCUT2D eigenvalue weighted by Gasteiger charge is 2.02. The minimum atomic E-state index is 0.625. The van der Waals surface area contributed by atoms with Gasteiger partial charge < -0.3 is 4.74 Å². The van der Waals surface area contributed by atoms with E-state index in [9.17, 15) is 0 Å². The Morgan fingerprint density at radius 1 is 0.882 bits per heavy atom. The fourth-order valence-corrected chi connectivity index (χ4v) is 2.12. The van der Waals surface area contributed by atoms with Crippen LogP contribution in [0.5, 0.6) is 5.75 Å². The van der Waals surface area contributed by atoms with Gasteiger partial charge in [0.25, 0.3) is 0 Å². The van der Waals surface area contributed by atoms with Gasteiger partial charge in [0, 0.05) is 5.33 Å². The van der Waals surface area contributed by atoms with E-state index in [2.05, 4.69) is 34.1 Å². The molecule has 88 valence electrons. The lowest BCUT2D eigenvalue weighted by molar-refractivity contribution is 0.303. The first-order valence-electron chi connectivity index (χ1n) is 5.71. The van der Waals surface area contributed by atoms with Crippen molar-refractivity contribution >= 4 is 15.9 Å². The van der Waals surface area contributed by atoms with Crippen LogP contribution >= 0.6 is 15.9 Å². The Hall–Kier alpha value is -1.28. The lowest BCUT2D eigenvalue weighted by Gasteiger charge is -2.10. The quantitative estimate of drug-likeness (QED) is 0.750. The van der Waals surface area contributed by atoms with Gasteiger partial charge in [0.2, 0.25) is 0 Å². The van der Waals surface area contributed by atoms with Crippen LogP contribution in [0, 0.1) is 0 Å². The molecule has 0 aromatic heterocycles. The molecule has 2 heteroatoms. The smallest absolute Gasteiger partial charge is 0.123 e. The van der Waals surface area contributed by atoms with Gasteiger partial charge in [0.15, 0.2) is 0 Å². The van der Waals surface area contributed by atoms with E-state index in [0.29, 0.717) is 6.61 Å². The third-order valence-electron chi connectivity index (χ3n) is 2.57. The number of para-hydroxylation sites is 1. The molecule has 0 unspecified atom stereocenters. The summed E-state index contributed by atoms with van der Waals surface area (Å²) in [5.41, 5.74) is 2.45. The molecule has 2 aromatic rings. The third-order valence-corrected chi connectivity index (χ3v) is 2.97. The van der Waals surface area contributed by atoms with Crippen LogP contribution < -0.4 is 4.74 Å². The molecule has 0 saturated carbocycles. The zero-order chi connectivity index (χ0) is 11.9. The normalized spacial score (nSPS) is 10.2. The summed E-state index contributed by atoms with van der Waals surface area (Å²) in [5, 5.41) is 0.957. The first kappa shape index (κ1) is 12.2. The largest absolute Gasteiger partial charge is 0.489 e. The molecular weight excluding hydrogens is 276 g/mol. The van der Waals surface area contributed by atoms with Crippen molar-refractivity contribution in [2.24, 2.45) is 0 Å². The van der Waals surface area contributed by atoms with E-state index in [1.807, 2.05) is 36.4 Å². The molecule has 0 heterocycles. The van der Waals surface area contributed by atoms with Gasteiger partial charge in [-0.05, 0) is 23.6 Å². The lowest BCUT2D eigenvalue weighted by atomic mass is 10.1. The fourth-order valence-electron chi connectivity index (χ4n) is 1.69. The average Bonchev–Trinajstić information content (AvgIpc) is 2.39. The number of rotatable bonds is 5. The second kappa shape index (κ2) is 6.45. The van der Waals surface area contributed by atoms with Crippen molar-refractivity contribution in [3.8, 4) is 5.75 Å². The Bertz CT molecular complexity index is 453. The molecule has 0 atom stereocenters. The number of hydrogen-bond acceptors (Lipinski definition) is 1. The molecule has 0 spiro atoms. The maximum absolute atomic E-state index is 5.85. The molecule has 0 N–H and O–H groups in total. The van der Waals surface area contributed by atoms with E-state index in [4.69, 9.17) is 4.74 Å². The molecule has 1 nitrogen and oxygen atoms in total. The van der Waals surface area contributed by atoms with Crippen LogP contribution in [0.15, 0.2) is 54.6 Å². The van der Waals surface area contributed by atoms with E-state index in [0.717, 1.165) is 17.5 Å². The molecule has 0 aliphatic rings. The van der Waals surface area contributed by atoms with E-state index in [1.54, 1.807) is 0 Å². The lowest BCUT2D eigenvalue weighted by Crippen LogP contribution is -1.98. The molecule has 0 saturated heterocycles. The van der Waals surface area contributed by atoms with Gasteiger partial charge in [-0.15, -0.1) is 0 Å². The van der Waals surface area contributed by atoms with Crippen molar-refractivity contribution in [2.45, 2.75) is 13.0 Å². The summed E-state index contributed by atoms with van der Waals surface area (Å²) in [6, 6.07) is 18.4. The summed E-state index contributed by atoms with van der Waals surface area (Å²) in [5.74, 6) is 0.982. The third kappa shape index (κ3) is 3.60. The second-order valence-corrected chi connectivity index (χ2v) is 4.61. The van der Waals surface area contributed by atoms with Crippen LogP contribution in [-0.2, 0) is 13.0 Å². The average molecular weight is 291 g/mol. The van der Waals surface area contributed by atoms with Gasteiger partial charge in [-0.1, -0.05) is 64.5 Å². The highest BCUT2D eigenvalue weighted by molar-refractivity contribution is 9.09. The Kier molecular flexibility index (Phi) is 4.63. The van der Waals surface area contributed by atoms with Crippen molar-refractivity contribution in [3.63, 3.8) is 0 Å². The summed E-state index contributed by atoms with van der Waals surface area (Å²) in [6.07, 6.45) is 0.991. The van der Waals surface area contributed by atoms with Crippen LogP contribution in [-0.4, -0.2) is 5.33 Å². The highest BCUT2D eigenvalue weighted by atomic mass is 79.9. The molecule has 2 aromatic carbocycles. The van der Waals surface area contributed by atoms with Crippen molar-refractivity contribution in [1.29, 1.82) is 0 Å². The summed E-state index contributed by atoms with van der Waals surface area (Å²) < 4.78 is 5.85. The van der Waals surface area contributed by atoms with Crippen LogP contribution in [0.25, 0.3) is 0 Å². The topological polar surface area (TPSA) is 9.23 Å². The van der Waals surface area contributed by atoms with E-state index in [1.165, 1.54) is 11.1 Å². The molecule has 17 heavy (non-hydrogen) atoms. The first-order valence-corrected chi connectivity index (χ1v) is 6.83. The Morgan fingerprint density at radius 3 is 2.35 bits per heavy atom. The summed E-state index contributed by atoms with van der Waals surface area (Å²) in [7, 11) is 0. The Morgan fingerprint density at radius 2 is 1.59 bits per heavy atom. The second-order valence-electron chi connectivity index (χ2n) is 3.82. The molecule has 2 rings (SSSR count). The number of halogens is 1. The molecular formula is C15H15BrO. The van der Waals surface area contributed by atoms with Crippen molar-refractivity contribution in [1.82, 2.24) is 0 Å². The van der Waals surface area contributed by atoms with E-state index in [-0.39, 0.29) is 0 Å². The molecule has 0 aliphatic heterocycles. The number of aryl methyl sites for hydroxylation is 1. The minimum Gasteiger partial charge on any atom is -0.489 e. The number of benzene rings is 2. The number of ether oxygens (including phenoxy) is 1. The van der Waals surface area contributed by atoms with Gasteiger partial charge in [0.05, 0.1) is 0 Å². The summed E-state index contributed by atoms with van der Waals surface area (Å²) in [6.45, 7) is 0.625. The standard InChI is InChI=1S/C15H15BrO/c16-11-10-14-8-4-5-9-15(14)17-12-13-6-2-1-3-7-13/h1-9H,10-12H2. The first-order chi connectivity index (χ1) is 8.40. The van der Waals surface area contributed by atoms with Gasteiger partial charge >= 0.3 is 0 Å². The molecule has 0 fully saturated rings. The zero-order valence-electron chi connectivity index (χ0n) is 9.60. The van der Waals surface area contributed by atoms with Crippen LogP contribution in [0.1, 0.15) is 11.1 Å².